The number of hydrogen-bond donors (Lipinski definition) is 2. The maximum atomic E-state index is 12.9. The van der Waals surface area contributed by atoms with Crippen molar-refractivity contribution in [2.45, 2.75) is 25.2 Å². The normalized spacial score (nSPS) is 11.1. The Morgan fingerprint density at radius 1 is 1.15 bits per heavy atom. The van der Waals surface area contributed by atoms with Gasteiger partial charge in [0, 0.05) is 6.07 Å². The minimum Gasteiger partial charge on any atom is -0.493 e. The first kappa shape index (κ1) is 19.6. The van der Waals surface area contributed by atoms with Gasteiger partial charge in [-0.25, -0.2) is 13.2 Å². The standard InChI is InChI=1S/C18H21NO6S/c1-5-12-7-6-8-13(18(20)21)17(12)19-26(22,23)16-10-15(25-4)14(24-3)9-11(16)2/h6-10,19H,5H2,1-4H3,(H,20,21). The average Bonchev–Trinajstić information content (AvgIpc) is 2.60. The van der Waals surface area contributed by atoms with Crippen LogP contribution >= 0.6 is 0 Å². The summed E-state index contributed by atoms with van der Waals surface area (Å²) in [4.78, 5) is 11.5. The fourth-order valence-electron chi connectivity index (χ4n) is 2.63. The number of aromatic carboxylic acids is 1. The van der Waals surface area contributed by atoms with E-state index in [1.54, 1.807) is 25.1 Å². The number of rotatable bonds is 7. The van der Waals surface area contributed by atoms with Gasteiger partial charge >= 0.3 is 5.97 Å². The van der Waals surface area contributed by atoms with Crippen molar-refractivity contribution in [3.05, 3.63) is 47.0 Å². The van der Waals surface area contributed by atoms with Crippen LogP contribution in [0, 0.1) is 6.92 Å². The molecule has 0 heterocycles. The zero-order valence-corrected chi connectivity index (χ0v) is 15.8. The maximum Gasteiger partial charge on any atom is 0.337 e. The van der Waals surface area contributed by atoms with E-state index in [-0.39, 0.29) is 21.9 Å². The van der Waals surface area contributed by atoms with Gasteiger partial charge in [-0.3, -0.25) is 4.72 Å². The van der Waals surface area contributed by atoms with Gasteiger partial charge < -0.3 is 14.6 Å². The molecule has 0 saturated carbocycles. The van der Waals surface area contributed by atoms with E-state index in [0.29, 0.717) is 23.3 Å². The molecule has 0 aliphatic heterocycles. The Hall–Kier alpha value is -2.74. The minimum absolute atomic E-state index is 0.0163. The van der Waals surface area contributed by atoms with Crippen LogP contribution in [-0.4, -0.2) is 33.7 Å². The van der Waals surface area contributed by atoms with Crippen molar-refractivity contribution in [1.82, 2.24) is 0 Å². The van der Waals surface area contributed by atoms with Crippen LogP contribution < -0.4 is 14.2 Å². The quantitative estimate of drug-likeness (QED) is 0.766. The molecule has 2 aromatic rings. The van der Waals surface area contributed by atoms with E-state index < -0.39 is 16.0 Å². The molecule has 0 spiro atoms. The van der Waals surface area contributed by atoms with Crippen LogP contribution in [0.2, 0.25) is 0 Å². The largest absolute Gasteiger partial charge is 0.493 e. The van der Waals surface area contributed by atoms with Gasteiger partial charge in [-0.05, 0) is 36.6 Å². The third kappa shape index (κ3) is 3.75. The highest BCUT2D eigenvalue weighted by molar-refractivity contribution is 7.92. The number of hydrogen-bond acceptors (Lipinski definition) is 5. The first-order chi connectivity index (χ1) is 12.2. The molecular formula is C18H21NO6S. The van der Waals surface area contributed by atoms with Crippen LogP contribution in [0.3, 0.4) is 0 Å². The van der Waals surface area contributed by atoms with Crippen molar-refractivity contribution < 1.29 is 27.8 Å². The molecule has 0 saturated heterocycles. The molecule has 0 bridgehead atoms. The lowest BCUT2D eigenvalue weighted by molar-refractivity contribution is 0.0698. The van der Waals surface area contributed by atoms with E-state index >= 15 is 0 Å². The molecule has 0 aliphatic rings. The Bertz CT molecular complexity index is 937. The molecule has 2 rings (SSSR count). The topological polar surface area (TPSA) is 102 Å². The Labute approximate surface area is 152 Å². The molecule has 0 unspecified atom stereocenters. The first-order valence-electron chi connectivity index (χ1n) is 7.85. The number of anilines is 1. The molecule has 0 aliphatic carbocycles. The van der Waals surface area contributed by atoms with E-state index in [9.17, 15) is 18.3 Å². The number of ether oxygens (including phenoxy) is 2. The highest BCUT2D eigenvalue weighted by atomic mass is 32.2. The van der Waals surface area contributed by atoms with E-state index in [1.165, 1.54) is 26.4 Å². The summed E-state index contributed by atoms with van der Waals surface area (Å²) < 4.78 is 38.6. The monoisotopic (exact) mass is 379 g/mol. The second kappa shape index (κ2) is 7.65. The van der Waals surface area contributed by atoms with E-state index in [2.05, 4.69) is 4.72 Å². The molecule has 2 N–H and O–H groups in total. The number of aryl methyl sites for hydroxylation is 2. The third-order valence-electron chi connectivity index (χ3n) is 3.97. The van der Waals surface area contributed by atoms with Gasteiger partial charge in [0.25, 0.3) is 10.0 Å². The van der Waals surface area contributed by atoms with Gasteiger partial charge in [0.1, 0.15) is 0 Å². The molecule has 0 aromatic heterocycles. The predicted octanol–water partition coefficient (Wildman–Crippen LogP) is 3.07. The number of methoxy groups -OCH3 is 2. The van der Waals surface area contributed by atoms with Crippen molar-refractivity contribution in [3.8, 4) is 11.5 Å². The fraction of sp³-hybridized carbons (Fsp3) is 0.278. The van der Waals surface area contributed by atoms with E-state index in [1.807, 2.05) is 6.92 Å². The second-order valence-electron chi connectivity index (χ2n) is 5.58. The molecule has 2 aromatic carbocycles. The van der Waals surface area contributed by atoms with Gasteiger partial charge in [0.15, 0.2) is 11.5 Å². The van der Waals surface area contributed by atoms with Crippen LogP contribution in [0.15, 0.2) is 35.2 Å². The zero-order valence-electron chi connectivity index (χ0n) is 15.0. The van der Waals surface area contributed by atoms with Crippen LogP contribution in [0.25, 0.3) is 0 Å². The summed E-state index contributed by atoms with van der Waals surface area (Å²) in [6.45, 7) is 3.45. The Morgan fingerprint density at radius 3 is 2.31 bits per heavy atom. The molecule has 7 nitrogen and oxygen atoms in total. The highest BCUT2D eigenvalue weighted by Crippen LogP contribution is 2.34. The molecule has 0 amide bonds. The highest BCUT2D eigenvalue weighted by Gasteiger charge is 2.24. The summed E-state index contributed by atoms with van der Waals surface area (Å²) in [6.07, 6.45) is 0.476. The lowest BCUT2D eigenvalue weighted by Crippen LogP contribution is -2.18. The van der Waals surface area contributed by atoms with Crippen molar-refractivity contribution >= 4 is 21.7 Å². The maximum absolute atomic E-state index is 12.9. The zero-order chi connectivity index (χ0) is 19.5. The van der Waals surface area contributed by atoms with E-state index in [0.717, 1.165) is 0 Å². The van der Waals surface area contributed by atoms with Gasteiger partial charge in [-0.15, -0.1) is 0 Å². The Morgan fingerprint density at radius 2 is 1.77 bits per heavy atom. The van der Waals surface area contributed by atoms with Gasteiger partial charge in [0.2, 0.25) is 0 Å². The van der Waals surface area contributed by atoms with Crippen molar-refractivity contribution in [3.63, 3.8) is 0 Å². The first-order valence-corrected chi connectivity index (χ1v) is 9.34. The van der Waals surface area contributed by atoms with E-state index in [4.69, 9.17) is 9.47 Å². The van der Waals surface area contributed by atoms with Gasteiger partial charge in [-0.2, -0.15) is 0 Å². The smallest absolute Gasteiger partial charge is 0.337 e. The van der Waals surface area contributed by atoms with Crippen LogP contribution in [-0.2, 0) is 16.4 Å². The number of carboxylic acids is 1. The second-order valence-corrected chi connectivity index (χ2v) is 7.23. The Kier molecular flexibility index (Phi) is 5.76. The summed E-state index contributed by atoms with van der Waals surface area (Å²) in [7, 11) is -1.17. The SMILES string of the molecule is CCc1cccc(C(=O)O)c1NS(=O)(=O)c1cc(OC)c(OC)cc1C. The van der Waals surface area contributed by atoms with Crippen molar-refractivity contribution in [2.75, 3.05) is 18.9 Å². The van der Waals surface area contributed by atoms with Gasteiger partial charge in [0.05, 0.1) is 30.4 Å². The summed E-state index contributed by atoms with van der Waals surface area (Å²) in [6, 6.07) is 7.54. The van der Waals surface area contributed by atoms with Crippen molar-refractivity contribution in [2.24, 2.45) is 0 Å². The third-order valence-corrected chi connectivity index (χ3v) is 5.46. The number of carbonyl (C=O) groups is 1. The van der Waals surface area contributed by atoms with Crippen LogP contribution in [0.5, 0.6) is 11.5 Å². The summed E-state index contributed by atoms with van der Waals surface area (Å²) in [5, 5.41) is 9.39. The average molecular weight is 379 g/mol. The minimum atomic E-state index is -4.04. The predicted molar refractivity (Wildman–Crippen MR) is 97.9 cm³/mol. The number of benzene rings is 2. The number of sulfonamides is 1. The van der Waals surface area contributed by atoms with Crippen LogP contribution in [0.1, 0.15) is 28.4 Å². The lowest BCUT2D eigenvalue weighted by Gasteiger charge is -2.17. The fourth-order valence-corrected chi connectivity index (χ4v) is 4.00. The molecule has 0 radical (unpaired) electrons. The molecule has 0 atom stereocenters. The van der Waals surface area contributed by atoms with Crippen LogP contribution in [0.4, 0.5) is 5.69 Å². The summed E-state index contributed by atoms with van der Waals surface area (Å²) in [5.41, 5.74) is 0.996. The molecule has 26 heavy (non-hydrogen) atoms. The Balaban J connectivity index is 2.59. The molecular weight excluding hydrogens is 358 g/mol. The number of para-hydroxylation sites is 1. The molecule has 0 fully saturated rings. The van der Waals surface area contributed by atoms with Crippen molar-refractivity contribution in [1.29, 1.82) is 0 Å². The summed E-state index contributed by atoms with van der Waals surface area (Å²) in [5.74, 6) is -0.535. The lowest BCUT2D eigenvalue weighted by atomic mass is 10.1. The molecule has 8 heteroatoms. The molecule has 140 valence electrons. The number of carboxylic acid groups (broad SMARTS) is 1. The summed E-state index contributed by atoms with van der Waals surface area (Å²) >= 11 is 0. The number of nitrogens with one attached hydrogen (secondary N) is 1. The van der Waals surface area contributed by atoms with Gasteiger partial charge in [-0.1, -0.05) is 19.1 Å².